The zero-order chi connectivity index (χ0) is 18.6. The Morgan fingerprint density at radius 2 is 1.54 bits per heavy atom. The second-order valence-electron chi connectivity index (χ2n) is 6.94. The van der Waals surface area contributed by atoms with Crippen LogP contribution in [-0.4, -0.2) is 28.4 Å². The van der Waals surface area contributed by atoms with Crippen LogP contribution in [0.15, 0.2) is 0 Å². The summed E-state index contributed by atoms with van der Waals surface area (Å²) < 4.78 is 5.23. The molecule has 0 aromatic rings. The van der Waals surface area contributed by atoms with Crippen LogP contribution in [0.25, 0.3) is 0 Å². The van der Waals surface area contributed by atoms with Crippen LogP contribution in [0, 0.1) is 23.7 Å². The number of carbonyl (C=O) groups excluding carboxylic acids is 1. The quantitative estimate of drug-likeness (QED) is 0.569. The van der Waals surface area contributed by atoms with Gasteiger partial charge in [-0.2, -0.15) is 0 Å². The predicted octanol–water partition coefficient (Wildman–Crippen LogP) is 4.02. The van der Waals surface area contributed by atoms with E-state index in [1.165, 1.54) is 0 Å². The van der Waals surface area contributed by atoms with Crippen molar-refractivity contribution < 1.29 is 14.6 Å². The van der Waals surface area contributed by atoms with Crippen LogP contribution in [0.5, 0.6) is 0 Å². The van der Waals surface area contributed by atoms with Crippen LogP contribution in [0.2, 0.25) is 0 Å². The summed E-state index contributed by atoms with van der Waals surface area (Å²) in [6.07, 6.45) is 4.85. The maximum atomic E-state index is 11.9. The van der Waals surface area contributed by atoms with E-state index in [2.05, 4.69) is 42.8 Å². The Balaban J connectivity index is 5.08. The van der Waals surface area contributed by atoms with E-state index in [9.17, 15) is 9.90 Å². The number of carbonyl (C=O) groups is 1. The first-order valence-corrected chi connectivity index (χ1v) is 8.86. The lowest BCUT2D eigenvalue weighted by atomic mass is 9.96. The average molecular weight is 335 g/mol. The van der Waals surface area contributed by atoms with Gasteiger partial charge < -0.3 is 15.2 Å². The van der Waals surface area contributed by atoms with Gasteiger partial charge in [-0.05, 0) is 40.5 Å². The number of hydrogen-bond donors (Lipinski definition) is 2. The molecular weight excluding hydrogens is 302 g/mol. The fraction of sp³-hybridized carbons (Fsp3) is 0.750. The Morgan fingerprint density at radius 1 is 1.08 bits per heavy atom. The first-order chi connectivity index (χ1) is 11.1. The van der Waals surface area contributed by atoms with Gasteiger partial charge in [0.15, 0.2) is 0 Å². The van der Waals surface area contributed by atoms with Gasteiger partial charge in [-0.15, -0.1) is 0 Å². The minimum Gasteiger partial charge on any atom is -0.444 e. The van der Waals surface area contributed by atoms with Gasteiger partial charge in [0.1, 0.15) is 5.60 Å². The van der Waals surface area contributed by atoms with Gasteiger partial charge in [-0.1, -0.05) is 50.4 Å². The molecule has 0 saturated heterocycles. The van der Waals surface area contributed by atoms with Crippen molar-refractivity contribution in [1.82, 2.24) is 5.32 Å². The number of ether oxygens (including phenoxy) is 1. The summed E-state index contributed by atoms with van der Waals surface area (Å²) in [5, 5.41) is 13.5. The van der Waals surface area contributed by atoms with Crippen LogP contribution < -0.4 is 5.32 Å². The molecule has 0 unspecified atom stereocenters. The Hall–Kier alpha value is -1.65. The molecule has 4 heteroatoms. The van der Waals surface area contributed by atoms with Crippen LogP contribution >= 0.6 is 0 Å². The molecule has 0 aromatic carbocycles. The number of unbranched alkanes of at least 4 members (excludes halogenated alkanes) is 4. The third kappa shape index (κ3) is 10.2. The highest BCUT2D eigenvalue weighted by Gasteiger charge is 2.32. The van der Waals surface area contributed by atoms with Gasteiger partial charge >= 0.3 is 6.09 Å². The minimum atomic E-state index is -1.57. The van der Waals surface area contributed by atoms with E-state index in [0.717, 1.165) is 25.7 Å². The number of aliphatic hydroxyl groups is 1. The largest absolute Gasteiger partial charge is 0.444 e. The smallest absolute Gasteiger partial charge is 0.408 e. The molecule has 136 valence electrons. The SMILES string of the molecule is CCCCC#CC(O)(C#CCCCC)[C@H](C)NC(=O)OC(C)(C)C. The normalized spacial score (nSPS) is 12.3. The van der Waals surface area contributed by atoms with E-state index in [1.54, 1.807) is 27.7 Å². The molecule has 24 heavy (non-hydrogen) atoms. The van der Waals surface area contributed by atoms with Crippen LogP contribution in [0.3, 0.4) is 0 Å². The van der Waals surface area contributed by atoms with Crippen molar-refractivity contribution in [3.8, 4) is 23.7 Å². The van der Waals surface area contributed by atoms with Crippen molar-refractivity contribution in [1.29, 1.82) is 0 Å². The van der Waals surface area contributed by atoms with Crippen molar-refractivity contribution in [3.63, 3.8) is 0 Å². The van der Waals surface area contributed by atoms with Crippen molar-refractivity contribution in [2.45, 2.75) is 97.3 Å². The molecule has 1 amide bonds. The van der Waals surface area contributed by atoms with E-state index in [4.69, 9.17) is 4.74 Å². The fourth-order valence-corrected chi connectivity index (χ4v) is 1.76. The molecular formula is C20H33NO3. The first kappa shape index (κ1) is 22.4. The molecule has 0 bridgehead atoms. The van der Waals surface area contributed by atoms with Crippen LogP contribution in [0.4, 0.5) is 4.79 Å². The molecule has 0 aromatic heterocycles. The van der Waals surface area contributed by atoms with Gasteiger partial charge in [-0.3, -0.25) is 0 Å². The predicted molar refractivity (Wildman–Crippen MR) is 98.4 cm³/mol. The monoisotopic (exact) mass is 335 g/mol. The third-order valence-corrected chi connectivity index (χ3v) is 3.23. The molecule has 0 aliphatic rings. The zero-order valence-electron chi connectivity index (χ0n) is 16.1. The third-order valence-electron chi connectivity index (χ3n) is 3.23. The Labute approximate surface area is 147 Å². The van der Waals surface area contributed by atoms with Gasteiger partial charge in [0.25, 0.3) is 0 Å². The second-order valence-corrected chi connectivity index (χ2v) is 6.94. The second kappa shape index (κ2) is 11.0. The number of hydrogen-bond acceptors (Lipinski definition) is 3. The number of nitrogens with one attached hydrogen (secondary N) is 1. The molecule has 0 aliphatic heterocycles. The van der Waals surface area contributed by atoms with Crippen molar-refractivity contribution in [2.75, 3.05) is 0 Å². The molecule has 4 nitrogen and oxygen atoms in total. The number of rotatable bonds is 6. The summed E-state index contributed by atoms with van der Waals surface area (Å²) in [7, 11) is 0. The Morgan fingerprint density at radius 3 is 1.92 bits per heavy atom. The van der Waals surface area contributed by atoms with E-state index < -0.39 is 23.3 Å². The fourth-order valence-electron chi connectivity index (χ4n) is 1.76. The van der Waals surface area contributed by atoms with Gasteiger partial charge in [0.2, 0.25) is 5.60 Å². The number of alkyl carbamates (subject to hydrolysis) is 1. The summed E-state index contributed by atoms with van der Waals surface area (Å²) in [4.78, 5) is 11.9. The molecule has 0 saturated carbocycles. The Kier molecular flexibility index (Phi) is 10.2. The lowest BCUT2D eigenvalue weighted by molar-refractivity contribution is 0.0420. The highest BCUT2D eigenvalue weighted by molar-refractivity contribution is 5.68. The van der Waals surface area contributed by atoms with Gasteiger partial charge in [-0.25, -0.2) is 4.79 Å². The maximum Gasteiger partial charge on any atom is 0.408 e. The van der Waals surface area contributed by atoms with Crippen molar-refractivity contribution in [3.05, 3.63) is 0 Å². The average Bonchev–Trinajstić information content (AvgIpc) is 2.46. The van der Waals surface area contributed by atoms with Gasteiger partial charge in [0, 0.05) is 12.8 Å². The summed E-state index contributed by atoms with van der Waals surface area (Å²) in [6, 6.07) is -0.657. The number of amides is 1. The molecule has 2 N–H and O–H groups in total. The summed E-state index contributed by atoms with van der Waals surface area (Å²) >= 11 is 0. The maximum absolute atomic E-state index is 11.9. The van der Waals surface area contributed by atoms with E-state index in [1.807, 2.05) is 0 Å². The van der Waals surface area contributed by atoms with E-state index in [-0.39, 0.29) is 0 Å². The zero-order valence-corrected chi connectivity index (χ0v) is 16.1. The van der Waals surface area contributed by atoms with Crippen LogP contribution in [0.1, 0.15) is 80.1 Å². The minimum absolute atomic E-state index is 0.584. The summed E-state index contributed by atoms with van der Waals surface area (Å²) in [5.41, 5.74) is -2.17. The lowest BCUT2D eigenvalue weighted by Gasteiger charge is -2.27. The molecule has 0 aliphatic carbocycles. The standard InChI is InChI=1S/C20H33NO3/c1-7-9-11-13-15-20(23,16-14-12-10-8-2)17(3)21-18(22)24-19(4,5)6/h17,23H,7-12H2,1-6H3,(H,21,22)/t17-/m0/s1. The summed E-state index contributed by atoms with van der Waals surface area (Å²) in [5.74, 6) is 11.6. The highest BCUT2D eigenvalue weighted by atomic mass is 16.6. The van der Waals surface area contributed by atoms with E-state index in [0.29, 0.717) is 12.8 Å². The Bertz CT molecular complexity index is 471. The molecule has 0 radical (unpaired) electrons. The lowest BCUT2D eigenvalue weighted by Crippen LogP contribution is -2.50. The van der Waals surface area contributed by atoms with Gasteiger partial charge in [0.05, 0.1) is 6.04 Å². The molecule has 0 heterocycles. The molecule has 0 spiro atoms. The molecule has 0 fully saturated rings. The van der Waals surface area contributed by atoms with Crippen molar-refractivity contribution >= 4 is 6.09 Å². The summed E-state index contributed by atoms with van der Waals surface area (Å²) in [6.45, 7) is 11.2. The van der Waals surface area contributed by atoms with Crippen molar-refractivity contribution in [2.24, 2.45) is 0 Å². The highest BCUT2D eigenvalue weighted by Crippen LogP contribution is 2.12. The van der Waals surface area contributed by atoms with Crippen LogP contribution in [-0.2, 0) is 4.74 Å². The molecule has 0 rings (SSSR count). The topological polar surface area (TPSA) is 58.6 Å². The molecule has 1 atom stereocenters. The van der Waals surface area contributed by atoms with E-state index >= 15 is 0 Å². The first-order valence-electron chi connectivity index (χ1n) is 8.86.